The Morgan fingerprint density at radius 1 is 1.23 bits per heavy atom. The van der Waals surface area contributed by atoms with Crippen molar-refractivity contribution in [1.29, 1.82) is 0 Å². The van der Waals surface area contributed by atoms with Crippen molar-refractivity contribution >= 4 is 17.6 Å². The molecule has 0 spiro atoms. The summed E-state index contributed by atoms with van der Waals surface area (Å²) in [5.74, 6) is -1.51. The van der Waals surface area contributed by atoms with Crippen LogP contribution in [0.25, 0.3) is 0 Å². The molecule has 22 heavy (non-hydrogen) atoms. The van der Waals surface area contributed by atoms with Crippen LogP contribution in [0, 0.1) is 0 Å². The maximum absolute atomic E-state index is 10.7. The van der Waals surface area contributed by atoms with Crippen molar-refractivity contribution in [1.82, 2.24) is 0 Å². The largest absolute Gasteiger partial charge is 1.00 e. The van der Waals surface area contributed by atoms with Gasteiger partial charge in [-0.15, -0.1) is 0 Å². The third-order valence-corrected chi connectivity index (χ3v) is 3.62. The van der Waals surface area contributed by atoms with Gasteiger partial charge in [0.05, 0.1) is 18.1 Å². The van der Waals surface area contributed by atoms with Gasteiger partial charge in [-0.3, -0.25) is 0 Å². The minimum Gasteiger partial charge on any atom is -0.548 e. The molecule has 2 rings (SSSR count). The van der Waals surface area contributed by atoms with Gasteiger partial charge in [-0.05, 0) is 29.2 Å². The summed E-state index contributed by atoms with van der Waals surface area (Å²) in [7, 11) is 0. The quantitative estimate of drug-likeness (QED) is 0.625. The number of nitrogens with two attached hydrogens (primary N) is 1. The first-order valence-corrected chi connectivity index (χ1v) is 6.83. The van der Waals surface area contributed by atoms with E-state index in [1.807, 2.05) is 30.3 Å². The first-order chi connectivity index (χ1) is 9.99. The van der Waals surface area contributed by atoms with E-state index in [2.05, 4.69) is 0 Å². The van der Waals surface area contributed by atoms with Crippen molar-refractivity contribution in [3.63, 3.8) is 0 Å². The van der Waals surface area contributed by atoms with Gasteiger partial charge in [0.25, 0.3) is 0 Å². The Hall–Kier alpha value is -0.880. The number of benzene rings is 2. The summed E-state index contributed by atoms with van der Waals surface area (Å²) in [5.41, 5.74) is 7.70. The molecule has 0 amide bonds. The van der Waals surface area contributed by atoms with E-state index in [9.17, 15) is 15.0 Å². The van der Waals surface area contributed by atoms with Crippen molar-refractivity contribution < 1.29 is 44.6 Å². The molecule has 2 aromatic rings. The average Bonchev–Trinajstić information content (AvgIpc) is 2.48. The molecule has 110 valence electrons. The summed E-state index contributed by atoms with van der Waals surface area (Å²) in [5, 5.41) is 21.0. The number of hydrogen-bond acceptors (Lipinski definition) is 4. The molecule has 0 bridgehead atoms. The number of aliphatic hydroxyl groups is 1. The van der Waals surface area contributed by atoms with Gasteiger partial charge in [-0.25, -0.2) is 0 Å². The Morgan fingerprint density at radius 3 is 2.41 bits per heavy atom. The van der Waals surface area contributed by atoms with Crippen LogP contribution in [0.2, 0.25) is 5.02 Å². The van der Waals surface area contributed by atoms with Crippen molar-refractivity contribution in [3.05, 3.63) is 70.2 Å². The van der Waals surface area contributed by atoms with E-state index < -0.39 is 18.1 Å². The zero-order valence-electron chi connectivity index (χ0n) is 12.2. The summed E-state index contributed by atoms with van der Waals surface area (Å²) in [6.07, 6.45) is -0.693. The number of aliphatic hydroxyl groups excluding tert-OH is 1. The van der Waals surface area contributed by atoms with E-state index in [4.69, 9.17) is 17.3 Å². The van der Waals surface area contributed by atoms with Gasteiger partial charge in [0.1, 0.15) is 0 Å². The van der Waals surface area contributed by atoms with Crippen LogP contribution in [-0.2, 0) is 11.2 Å². The van der Waals surface area contributed by atoms with Crippen LogP contribution >= 0.6 is 11.6 Å². The second-order valence-corrected chi connectivity index (χ2v) is 5.21. The van der Waals surface area contributed by atoms with Crippen LogP contribution in [0.3, 0.4) is 0 Å². The first kappa shape index (κ1) is 19.2. The SMILES string of the molecule is N[C@H](C(=O)[O-])[C@H](O)c1ccc(Cc2ccccc2)c(Cl)c1.[Na+]. The fourth-order valence-electron chi connectivity index (χ4n) is 2.04. The van der Waals surface area contributed by atoms with E-state index in [1.165, 1.54) is 6.07 Å². The van der Waals surface area contributed by atoms with E-state index in [0.717, 1.165) is 11.1 Å². The Morgan fingerprint density at radius 2 is 1.86 bits per heavy atom. The van der Waals surface area contributed by atoms with Gasteiger partial charge in [0.15, 0.2) is 0 Å². The minimum atomic E-state index is -1.51. The summed E-state index contributed by atoms with van der Waals surface area (Å²) in [6.45, 7) is 0. The average molecular weight is 328 g/mol. The van der Waals surface area contributed by atoms with Crippen LogP contribution in [0.15, 0.2) is 48.5 Å². The summed E-state index contributed by atoms with van der Waals surface area (Å²) in [6, 6.07) is 13.2. The smallest absolute Gasteiger partial charge is 0.548 e. The van der Waals surface area contributed by atoms with Gasteiger partial charge in [-0.2, -0.15) is 0 Å². The molecule has 0 aliphatic heterocycles. The first-order valence-electron chi connectivity index (χ1n) is 6.46. The molecule has 0 saturated carbocycles. The Kier molecular flexibility index (Phi) is 7.56. The number of carbonyl (C=O) groups is 1. The number of carboxylic acid groups (broad SMARTS) is 1. The molecule has 0 aliphatic rings. The molecular formula is C16H15ClNNaO3. The summed E-state index contributed by atoms with van der Waals surface area (Å²) in [4.78, 5) is 10.7. The number of carbonyl (C=O) groups excluding carboxylic acids is 1. The van der Waals surface area contributed by atoms with Gasteiger partial charge in [0, 0.05) is 5.02 Å². The van der Waals surface area contributed by atoms with Crippen LogP contribution in [0.5, 0.6) is 0 Å². The summed E-state index contributed by atoms with van der Waals surface area (Å²) >= 11 is 6.19. The van der Waals surface area contributed by atoms with Crippen LogP contribution in [-0.4, -0.2) is 17.1 Å². The monoisotopic (exact) mass is 327 g/mol. The fourth-order valence-corrected chi connectivity index (χ4v) is 2.30. The molecule has 0 fully saturated rings. The zero-order valence-corrected chi connectivity index (χ0v) is 15.0. The number of hydrogen-bond donors (Lipinski definition) is 2. The van der Waals surface area contributed by atoms with Gasteiger partial charge >= 0.3 is 29.6 Å². The number of aliphatic carboxylic acids is 1. The minimum absolute atomic E-state index is 0. The van der Waals surface area contributed by atoms with Crippen LogP contribution in [0.1, 0.15) is 22.8 Å². The molecular weight excluding hydrogens is 313 g/mol. The Bertz CT molecular complexity index is 637. The van der Waals surface area contributed by atoms with E-state index >= 15 is 0 Å². The number of carboxylic acids is 1. The maximum Gasteiger partial charge on any atom is 1.00 e. The number of rotatable bonds is 5. The molecule has 3 N–H and O–H groups in total. The van der Waals surface area contributed by atoms with E-state index in [1.54, 1.807) is 12.1 Å². The molecule has 0 heterocycles. The van der Waals surface area contributed by atoms with Crippen molar-refractivity contribution in [2.45, 2.75) is 18.6 Å². The fraction of sp³-hybridized carbons (Fsp3) is 0.188. The van der Waals surface area contributed by atoms with Crippen LogP contribution < -0.4 is 40.4 Å². The second kappa shape index (κ2) is 8.67. The van der Waals surface area contributed by atoms with Crippen molar-refractivity contribution in [2.75, 3.05) is 0 Å². The van der Waals surface area contributed by atoms with Gasteiger partial charge < -0.3 is 20.7 Å². The molecule has 0 aromatic heterocycles. The Balaban J connectivity index is 0.00000242. The molecule has 0 aliphatic carbocycles. The standard InChI is InChI=1S/C16H16ClNO3.Na/c17-13-9-12(15(19)14(18)16(20)21)7-6-11(13)8-10-4-2-1-3-5-10;/h1-7,9,14-15,19H,8,18H2,(H,20,21);/q;+1/p-1/t14-,15+;/m0./s1. The van der Waals surface area contributed by atoms with Crippen molar-refractivity contribution in [3.8, 4) is 0 Å². The predicted molar refractivity (Wildman–Crippen MR) is 78.6 cm³/mol. The van der Waals surface area contributed by atoms with E-state index in [-0.39, 0.29) is 29.6 Å². The zero-order chi connectivity index (χ0) is 15.4. The third-order valence-electron chi connectivity index (χ3n) is 3.27. The van der Waals surface area contributed by atoms with E-state index in [0.29, 0.717) is 17.0 Å². The molecule has 2 aromatic carbocycles. The van der Waals surface area contributed by atoms with Gasteiger partial charge in [-0.1, -0.05) is 54.1 Å². The molecule has 0 unspecified atom stereocenters. The Labute approximate surface area is 156 Å². The third kappa shape index (κ3) is 4.81. The van der Waals surface area contributed by atoms with Crippen molar-refractivity contribution in [2.24, 2.45) is 5.73 Å². The normalized spacial score (nSPS) is 13.0. The summed E-state index contributed by atoms with van der Waals surface area (Å²) < 4.78 is 0. The topological polar surface area (TPSA) is 86.4 Å². The maximum atomic E-state index is 10.7. The predicted octanol–water partition coefficient (Wildman–Crippen LogP) is -1.95. The molecule has 4 nitrogen and oxygen atoms in total. The van der Waals surface area contributed by atoms with Crippen LogP contribution in [0.4, 0.5) is 0 Å². The molecule has 6 heteroatoms. The molecule has 2 atom stereocenters. The number of halogens is 1. The second-order valence-electron chi connectivity index (χ2n) is 4.80. The van der Waals surface area contributed by atoms with Gasteiger partial charge in [0.2, 0.25) is 0 Å². The molecule has 0 radical (unpaired) electrons. The molecule has 0 saturated heterocycles.